The molecule has 2 nitrogen and oxygen atoms in total. The molecule has 0 aliphatic carbocycles. The van der Waals surface area contributed by atoms with Gasteiger partial charge in [-0.2, -0.15) is 4.39 Å². The number of hydrogen-bond acceptors (Lipinski definition) is 2. The average Bonchev–Trinajstić information content (AvgIpc) is 1.80. The van der Waals surface area contributed by atoms with Crippen LogP contribution in [0.2, 0.25) is 0 Å². The number of pyridine rings is 1. The highest BCUT2D eigenvalue weighted by molar-refractivity contribution is 14.1. The van der Waals surface area contributed by atoms with E-state index in [1.807, 2.05) is 22.6 Å². The summed E-state index contributed by atoms with van der Waals surface area (Å²) in [5, 5.41) is 0. The van der Waals surface area contributed by atoms with Gasteiger partial charge in [-0.25, -0.2) is 4.98 Å². The van der Waals surface area contributed by atoms with Crippen molar-refractivity contribution in [2.75, 3.05) is 5.73 Å². The topological polar surface area (TPSA) is 38.9 Å². The molecule has 1 heterocycles. The highest BCUT2D eigenvalue weighted by atomic mass is 127. The lowest BCUT2D eigenvalue weighted by Gasteiger charge is -1.93. The zero-order valence-electron chi connectivity index (χ0n) is 4.44. The number of nitrogens with zero attached hydrogens (tertiary/aromatic N) is 1. The number of hydrogen-bond donors (Lipinski definition) is 1. The highest BCUT2D eigenvalue weighted by Gasteiger charge is 1.95. The van der Waals surface area contributed by atoms with Crippen molar-refractivity contribution in [2.45, 2.75) is 0 Å². The summed E-state index contributed by atoms with van der Waals surface area (Å²) in [6.45, 7) is 0. The van der Waals surface area contributed by atoms with Crippen LogP contribution in [0.4, 0.5) is 10.1 Å². The third-order valence-corrected chi connectivity index (χ3v) is 1.71. The molecule has 1 aromatic heterocycles. The molecule has 0 saturated carbocycles. The molecule has 0 unspecified atom stereocenters. The maximum atomic E-state index is 12.2. The van der Waals surface area contributed by atoms with E-state index in [0.29, 0.717) is 9.39 Å². The molecule has 0 aliphatic heterocycles. The van der Waals surface area contributed by atoms with Crippen LogP contribution >= 0.6 is 22.6 Å². The smallest absolute Gasteiger partial charge is 0.213 e. The van der Waals surface area contributed by atoms with Gasteiger partial charge in [-0.1, -0.05) is 0 Å². The Morgan fingerprint density at radius 1 is 1.56 bits per heavy atom. The molecule has 0 saturated heterocycles. The van der Waals surface area contributed by atoms with Crippen molar-refractivity contribution in [1.29, 1.82) is 0 Å². The number of rotatable bonds is 0. The van der Waals surface area contributed by atoms with E-state index >= 15 is 0 Å². The molecule has 0 spiro atoms. The molecule has 0 aliphatic rings. The van der Waals surface area contributed by atoms with E-state index in [2.05, 4.69) is 4.98 Å². The van der Waals surface area contributed by atoms with Crippen molar-refractivity contribution in [3.8, 4) is 0 Å². The fourth-order valence-corrected chi connectivity index (χ4v) is 0.833. The Balaban J connectivity index is 3.17. The van der Waals surface area contributed by atoms with Gasteiger partial charge < -0.3 is 5.73 Å². The number of aromatic nitrogens is 1. The van der Waals surface area contributed by atoms with Gasteiger partial charge in [-0.3, -0.25) is 0 Å². The normalized spacial score (nSPS) is 9.56. The van der Waals surface area contributed by atoms with E-state index in [0.717, 1.165) is 0 Å². The van der Waals surface area contributed by atoms with Gasteiger partial charge in [0.15, 0.2) is 0 Å². The predicted octanol–water partition coefficient (Wildman–Crippen LogP) is 1.41. The number of nitrogen functional groups attached to an aromatic ring is 1. The molecule has 0 fully saturated rings. The molecule has 0 bridgehead atoms. The molecule has 0 radical (unpaired) electrons. The zero-order valence-corrected chi connectivity index (χ0v) is 6.59. The van der Waals surface area contributed by atoms with Crippen LogP contribution in [0.3, 0.4) is 0 Å². The van der Waals surface area contributed by atoms with Crippen LogP contribution < -0.4 is 5.73 Å². The lowest BCUT2D eigenvalue weighted by atomic mass is 10.4. The van der Waals surface area contributed by atoms with Crippen molar-refractivity contribution < 1.29 is 4.39 Å². The second-order valence-electron chi connectivity index (χ2n) is 1.51. The van der Waals surface area contributed by atoms with Crippen LogP contribution in [0.5, 0.6) is 0 Å². The first-order valence-electron chi connectivity index (χ1n) is 2.27. The highest BCUT2D eigenvalue weighted by Crippen LogP contribution is 2.10. The van der Waals surface area contributed by atoms with E-state index < -0.39 is 5.95 Å². The van der Waals surface area contributed by atoms with E-state index in [1.165, 1.54) is 12.1 Å². The molecule has 4 heteroatoms. The van der Waals surface area contributed by atoms with Crippen LogP contribution in [-0.2, 0) is 0 Å². The molecule has 48 valence electrons. The Morgan fingerprint density at radius 2 is 2.22 bits per heavy atom. The van der Waals surface area contributed by atoms with Crippen molar-refractivity contribution in [3.05, 3.63) is 21.8 Å². The molecule has 1 rings (SSSR count). The molecule has 0 aromatic carbocycles. The van der Waals surface area contributed by atoms with Crippen LogP contribution in [0, 0.1) is 9.65 Å². The molecule has 2 N–H and O–H groups in total. The monoisotopic (exact) mass is 238 g/mol. The fraction of sp³-hybridized carbons (Fsp3) is 0. The van der Waals surface area contributed by atoms with Gasteiger partial charge in [0.25, 0.3) is 0 Å². The van der Waals surface area contributed by atoms with Gasteiger partial charge in [0, 0.05) is 0 Å². The summed E-state index contributed by atoms with van der Waals surface area (Å²) in [4.78, 5) is 3.47. The number of halogens is 2. The lowest BCUT2D eigenvalue weighted by Crippen LogP contribution is -1.93. The molecular formula is C5H4FIN2. The SMILES string of the molecule is Nc1ccc(F)nc1I. The fourth-order valence-electron chi connectivity index (χ4n) is 0.423. The van der Waals surface area contributed by atoms with E-state index in [1.54, 1.807) is 0 Å². The third-order valence-electron chi connectivity index (χ3n) is 0.844. The third kappa shape index (κ3) is 1.51. The van der Waals surface area contributed by atoms with Gasteiger partial charge >= 0.3 is 0 Å². The van der Waals surface area contributed by atoms with Gasteiger partial charge in [0.1, 0.15) is 3.70 Å². The standard InChI is InChI=1S/C5H4FIN2/c6-4-2-1-3(8)5(7)9-4/h1-2H,8H2. The summed E-state index contributed by atoms with van der Waals surface area (Å²) in [7, 11) is 0. The Labute approximate surface area is 65.4 Å². The summed E-state index contributed by atoms with van der Waals surface area (Å²) in [5.74, 6) is -0.492. The summed E-state index contributed by atoms with van der Waals surface area (Å²) < 4.78 is 12.7. The number of nitrogens with two attached hydrogens (primary N) is 1. The minimum atomic E-state index is -0.492. The second-order valence-corrected chi connectivity index (χ2v) is 2.54. The Kier molecular flexibility index (Phi) is 1.84. The molecule has 0 amide bonds. The van der Waals surface area contributed by atoms with Gasteiger partial charge in [0.2, 0.25) is 5.95 Å². The first-order valence-corrected chi connectivity index (χ1v) is 3.35. The maximum absolute atomic E-state index is 12.2. The summed E-state index contributed by atoms with van der Waals surface area (Å²) in [6.07, 6.45) is 0. The van der Waals surface area contributed by atoms with Crippen molar-refractivity contribution in [2.24, 2.45) is 0 Å². The first-order chi connectivity index (χ1) is 4.20. The Bertz CT molecular complexity index is 226. The second kappa shape index (κ2) is 2.47. The van der Waals surface area contributed by atoms with Crippen LogP contribution in [-0.4, -0.2) is 4.98 Å². The number of anilines is 1. The van der Waals surface area contributed by atoms with Gasteiger partial charge in [-0.15, -0.1) is 0 Å². The van der Waals surface area contributed by atoms with Crippen LogP contribution in [0.15, 0.2) is 12.1 Å². The molecule has 1 aromatic rings. The van der Waals surface area contributed by atoms with E-state index in [9.17, 15) is 4.39 Å². The van der Waals surface area contributed by atoms with Crippen LogP contribution in [0.1, 0.15) is 0 Å². The molecule has 9 heavy (non-hydrogen) atoms. The summed E-state index contributed by atoms with van der Waals surface area (Å²) >= 11 is 1.87. The Hall–Kier alpha value is -0.390. The van der Waals surface area contributed by atoms with Gasteiger partial charge in [0.05, 0.1) is 5.69 Å². The van der Waals surface area contributed by atoms with E-state index in [4.69, 9.17) is 5.73 Å². The predicted molar refractivity (Wildman–Crippen MR) is 41.3 cm³/mol. The molecule has 0 atom stereocenters. The van der Waals surface area contributed by atoms with E-state index in [-0.39, 0.29) is 0 Å². The zero-order chi connectivity index (χ0) is 6.85. The first kappa shape index (κ1) is 6.73. The quantitative estimate of drug-likeness (QED) is 0.548. The average molecular weight is 238 g/mol. The summed E-state index contributed by atoms with van der Waals surface area (Å²) in [6, 6.07) is 2.72. The summed E-state index contributed by atoms with van der Waals surface area (Å²) in [5.41, 5.74) is 5.86. The maximum Gasteiger partial charge on any atom is 0.213 e. The Morgan fingerprint density at radius 3 is 2.67 bits per heavy atom. The molecular weight excluding hydrogens is 234 g/mol. The van der Waals surface area contributed by atoms with Crippen molar-refractivity contribution >= 4 is 28.3 Å². The largest absolute Gasteiger partial charge is 0.397 e. The minimum absolute atomic E-state index is 0.492. The van der Waals surface area contributed by atoms with Crippen molar-refractivity contribution in [1.82, 2.24) is 4.98 Å². The van der Waals surface area contributed by atoms with Crippen molar-refractivity contribution in [3.63, 3.8) is 0 Å². The van der Waals surface area contributed by atoms with Gasteiger partial charge in [-0.05, 0) is 34.7 Å². The van der Waals surface area contributed by atoms with Crippen LogP contribution in [0.25, 0.3) is 0 Å². The minimum Gasteiger partial charge on any atom is -0.397 e. The lowest BCUT2D eigenvalue weighted by molar-refractivity contribution is 0.581.